The molecule has 1 atom stereocenters. The molecule has 1 fully saturated rings. The zero-order chi connectivity index (χ0) is 15.0. The van der Waals surface area contributed by atoms with E-state index in [0.29, 0.717) is 12.1 Å². The Balaban J connectivity index is 1.71. The first-order valence-corrected chi connectivity index (χ1v) is 8.65. The first-order chi connectivity index (χ1) is 9.94. The maximum atomic E-state index is 12.3. The summed E-state index contributed by atoms with van der Waals surface area (Å²) < 4.78 is 24.8. The molecule has 0 saturated carbocycles. The molecule has 2 aromatic heterocycles. The molecule has 0 N–H and O–H groups in total. The second kappa shape index (κ2) is 5.14. The Hall–Kier alpha value is -1.89. The fraction of sp³-hybridized carbons (Fsp3) is 0.429. The van der Waals surface area contributed by atoms with Gasteiger partial charge in [-0.15, -0.1) is 0 Å². The van der Waals surface area contributed by atoms with Gasteiger partial charge in [0.25, 0.3) is 0 Å². The number of sulfone groups is 1. The lowest BCUT2D eigenvalue weighted by Crippen LogP contribution is -2.38. The summed E-state index contributed by atoms with van der Waals surface area (Å²) in [5.41, 5.74) is 1.49. The van der Waals surface area contributed by atoms with Crippen molar-refractivity contribution >= 4 is 21.4 Å². The predicted molar refractivity (Wildman–Crippen MR) is 78.7 cm³/mol. The summed E-state index contributed by atoms with van der Waals surface area (Å²) >= 11 is 0. The Kier molecular flexibility index (Phi) is 3.44. The minimum Gasteiger partial charge on any atom is -0.341 e. The molecule has 2 aromatic rings. The molecule has 1 saturated heterocycles. The van der Waals surface area contributed by atoms with Crippen LogP contribution in [0.1, 0.15) is 12.1 Å². The Morgan fingerprint density at radius 1 is 1.48 bits per heavy atom. The number of nitrogens with zero attached hydrogens (tertiary/aromatic N) is 3. The maximum absolute atomic E-state index is 12.3. The van der Waals surface area contributed by atoms with Crippen LogP contribution in [0, 0.1) is 0 Å². The standard InChI is InChI=1S/C14H17N3O3S/c1-16(12-5-7-21(19,20)10-12)14(18)8-11-9-17-6-3-2-4-13(17)15-11/h2-4,6,9,12H,5,7-8,10H2,1H3. The van der Waals surface area contributed by atoms with E-state index < -0.39 is 9.84 Å². The van der Waals surface area contributed by atoms with Crippen molar-refractivity contribution < 1.29 is 13.2 Å². The Labute approximate surface area is 123 Å². The normalized spacial score (nSPS) is 20.7. The maximum Gasteiger partial charge on any atom is 0.228 e. The number of aromatic nitrogens is 2. The molecule has 0 radical (unpaired) electrons. The van der Waals surface area contributed by atoms with Crippen LogP contribution in [0.3, 0.4) is 0 Å². The van der Waals surface area contributed by atoms with Gasteiger partial charge in [0.15, 0.2) is 9.84 Å². The van der Waals surface area contributed by atoms with Gasteiger partial charge in [0.2, 0.25) is 5.91 Å². The molecular weight excluding hydrogens is 290 g/mol. The molecule has 1 aliphatic heterocycles. The number of amides is 1. The summed E-state index contributed by atoms with van der Waals surface area (Å²) in [5, 5.41) is 0. The van der Waals surface area contributed by atoms with E-state index in [2.05, 4.69) is 4.98 Å². The minimum atomic E-state index is -2.98. The number of likely N-dealkylation sites (N-methyl/N-ethyl adjacent to an activating group) is 1. The van der Waals surface area contributed by atoms with Gasteiger partial charge >= 0.3 is 0 Å². The van der Waals surface area contributed by atoms with Crippen molar-refractivity contribution in [1.82, 2.24) is 14.3 Å². The monoisotopic (exact) mass is 307 g/mol. The minimum absolute atomic E-state index is 0.0698. The van der Waals surface area contributed by atoms with Crippen LogP contribution < -0.4 is 0 Å². The molecular formula is C14H17N3O3S. The van der Waals surface area contributed by atoms with Crippen molar-refractivity contribution in [3.63, 3.8) is 0 Å². The molecule has 6 nitrogen and oxygen atoms in total. The van der Waals surface area contributed by atoms with Crippen molar-refractivity contribution in [3.8, 4) is 0 Å². The largest absolute Gasteiger partial charge is 0.341 e. The summed E-state index contributed by atoms with van der Waals surface area (Å²) in [7, 11) is -1.31. The smallest absolute Gasteiger partial charge is 0.228 e. The molecule has 0 bridgehead atoms. The molecule has 1 amide bonds. The summed E-state index contributed by atoms with van der Waals surface area (Å²) in [6.07, 6.45) is 4.42. The summed E-state index contributed by atoms with van der Waals surface area (Å²) in [4.78, 5) is 18.2. The Morgan fingerprint density at radius 3 is 2.95 bits per heavy atom. The van der Waals surface area contributed by atoms with Crippen molar-refractivity contribution in [2.75, 3.05) is 18.6 Å². The molecule has 112 valence electrons. The number of pyridine rings is 1. The van der Waals surface area contributed by atoms with Crippen LogP contribution in [0.25, 0.3) is 5.65 Å². The summed E-state index contributed by atoms with van der Waals surface area (Å²) in [5.74, 6) is 0.143. The van der Waals surface area contributed by atoms with E-state index in [-0.39, 0.29) is 29.9 Å². The number of hydrogen-bond donors (Lipinski definition) is 0. The number of fused-ring (bicyclic) bond motifs is 1. The van der Waals surface area contributed by atoms with Gasteiger partial charge < -0.3 is 9.30 Å². The highest BCUT2D eigenvalue weighted by Crippen LogP contribution is 2.17. The lowest BCUT2D eigenvalue weighted by atomic mass is 10.2. The SMILES string of the molecule is CN(C(=O)Cc1cn2ccccc2n1)C1CCS(=O)(=O)C1. The second-order valence-corrected chi connectivity index (χ2v) is 7.67. The van der Waals surface area contributed by atoms with E-state index in [1.807, 2.05) is 35.0 Å². The van der Waals surface area contributed by atoms with E-state index in [0.717, 1.165) is 5.65 Å². The van der Waals surface area contributed by atoms with E-state index in [1.165, 1.54) is 0 Å². The summed E-state index contributed by atoms with van der Waals surface area (Å²) in [6, 6.07) is 5.46. The van der Waals surface area contributed by atoms with Crippen LogP contribution in [-0.2, 0) is 21.1 Å². The van der Waals surface area contributed by atoms with E-state index in [4.69, 9.17) is 0 Å². The van der Waals surface area contributed by atoms with Crippen LogP contribution in [0.4, 0.5) is 0 Å². The van der Waals surface area contributed by atoms with Crippen LogP contribution in [0.2, 0.25) is 0 Å². The van der Waals surface area contributed by atoms with Crippen molar-refractivity contribution in [2.45, 2.75) is 18.9 Å². The molecule has 3 rings (SSSR count). The number of imidazole rings is 1. The van der Waals surface area contributed by atoms with Gasteiger partial charge in [-0.3, -0.25) is 4.79 Å². The average Bonchev–Trinajstić information content (AvgIpc) is 3.00. The average molecular weight is 307 g/mol. The summed E-state index contributed by atoms with van der Waals surface area (Å²) in [6.45, 7) is 0. The zero-order valence-electron chi connectivity index (χ0n) is 11.8. The molecule has 21 heavy (non-hydrogen) atoms. The number of carbonyl (C=O) groups excluding carboxylic acids is 1. The Bertz CT molecular complexity index is 749. The molecule has 3 heterocycles. The van der Waals surface area contributed by atoms with Crippen molar-refractivity contribution in [2.24, 2.45) is 0 Å². The van der Waals surface area contributed by atoms with Gasteiger partial charge in [-0.2, -0.15) is 0 Å². The third-order valence-corrected chi connectivity index (χ3v) is 5.65. The first-order valence-electron chi connectivity index (χ1n) is 6.83. The highest BCUT2D eigenvalue weighted by molar-refractivity contribution is 7.91. The predicted octanol–water partition coefficient (Wildman–Crippen LogP) is 0.522. The van der Waals surface area contributed by atoms with Crippen molar-refractivity contribution in [1.29, 1.82) is 0 Å². The molecule has 1 unspecified atom stereocenters. The van der Waals surface area contributed by atoms with Gasteiger partial charge in [-0.25, -0.2) is 13.4 Å². The van der Waals surface area contributed by atoms with Gasteiger partial charge in [-0.1, -0.05) is 6.07 Å². The third kappa shape index (κ3) is 2.92. The van der Waals surface area contributed by atoms with Crippen LogP contribution in [0.15, 0.2) is 30.6 Å². The topological polar surface area (TPSA) is 71.8 Å². The van der Waals surface area contributed by atoms with E-state index in [1.54, 1.807) is 11.9 Å². The van der Waals surface area contributed by atoms with Crippen LogP contribution in [-0.4, -0.2) is 53.2 Å². The molecule has 1 aliphatic rings. The van der Waals surface area contributed by atoms with Gasteiger partial charge in [0.1, 0.15) is 5.65 Å². The molecule has 0 aromatic carbocycles. The van der Waals surface area contributed by atoms with E-state index in [9.17, 15) is 13.2 Å². The highest BCUT2D eigenvalue weighted by Gasteiger charge is 2.32. The lowest BCUT2D eigenvalue weighted by molar-refractivity contribution is -0.130. The fourth-order valence-corrected chi connectivity index (χ4v) is 4.41. The first kappa shape index (κ1) is 14.1. The molecule has 0 spiro atoms. The van der Waals surface area contributed by atoms with Crippen LogP contribution >= 0.6 is 0 Å². The quantitative estimate of drug-likeness (QED) is 0.829. The highest BCUT2D eigenvalue weighted by atomic mass is 32.2. The lowest BCUT2D eigenvalue weighted by Gasteiger charge is -2.22. The van der Waals surface area contributed by atoms with Gasteiger partial charge in [0.05, 0.1) is 23.6 Å². The van der Waals surface area contributed by atoms with Crippen molar-refractivity contribution in [3.05, 3.63) is 36.3 Å². The van der Waals surface area contributed by atoms with Gasteiger partial charge in [0, 0.05) is 25.5 Å². The van der Waals surface area contributed by atoms with Gasteiger partial charge in [-0.05, 0) is 18.6 Å². The Morgan fingerprint density at radius 2 is 2.29 bits per heavy atom. The van der Waals surface area contributed by atoms with Crippen LogP contribution in [0.5, 0.6) is 0 Å². The molecule has 0 aliphatic carbocycles. The van der Waals surface area contributed by atoms with E-state index >= 15 is 0 Å². The molecule has 7 heteroatoms. The number of rotatable bonds is 3. The second-order valence-electron chi connectivity index (χ2n) is 5.44. The zero-order valence-corrected chi connectivity index (χ0v) is 12.6. The number of hydrogen-bond acceptors (Lipinski definition) is 4. The third-order valence-electron chi connectivity index (χ3n) is 3.90. The number of carbonyl (C=O) groups is 1. The fourth-order valence-electron chi connectivity index (χ4n) is 2.64.